The highest BCUT2D eigenvalue weighted by Crippen LogP contribution is 2.40. The zero-order valence-corrected chi connectivity index (χ0v) is 17.2. The van der Waals surface area contributed by atoms with E-state index in [-0.39, 0.29) is 11.7 Å². The Morgan fingerprint density at radius 1 is 1.31 bits per heavy atom. The third-order valence-electron chi connectivity index (χ3n) is 5.24. The summed E-state index contributed by atoms with van der Waals surface area (Å²) in [5.74, 6) is 1.60. The van der Waals surface area contributed by atoms with Gasteiger partial charge in [-0.2, -0.15) is 17.0 Å². The molecular weight excluding hydrogens is 341 g/mol. The van der Waals surface area contributed by atoms with Crippen molar-refractivity contribution in [2.45, 2.75) is 52.4 Å². The highest BCUT2D eigenvalue weighted by Gasteiger charge is 2.25. The lowest BCUT2D eigenvalue weighted by atomic mass is 9.85. The van der Waals surface area contributed by atoms with Crippen molar-refractivity contribution in [2.75, 3.05) is 12.0 Å². The molecule has 0 amide bonds. The number of thioether (sulfide) groups is 1. The van der Waals surface area contributed by atoms with E-state index in [2.05, 4.69) is 46.1 Å². The molecule has 1 nitrogen and oxygen atoms in total. The van der Waals surface area contributed by atoms with Gasteiger partial charge in [0.2, 0.25) is 0 Å². The van der Waals surface area contributed by atoms with Gasteiger partial charge in [-0.1, -0.05) is 32.9 Å². The Kier molecular flexibility index (Phi) is 7.29. The van der Waals surface area contributed by atoms with Crippen LogP contribution in [0.3, 0.4) is 0 Å². The van der Waals surface area contributed by atoms with Crippen molar-refractivity contribution in [1.29, 1.82) is 5.26 Å². The molecule has 0 bridgehead atoms. The Labute approximate surface area is 161 Å². The molecule has 2 unspecified atom stereocenters. The van der Waals surface area contributed by atoms with Crippen LogP contribution < -0.4 is 0 Å². The maximum atomic E-state index is 13.7. The number of benzene rings is 2. The fraction of sp³-hybridized carbons (Fsp3) is 0.435. The third-order valence-corrected chi connectivity index (χ3v) is 5.81. The van der Waals surface area contributed by atoms with Gasteiger partial charge < -0.3 is 0 Å². The lowest BCUT2D eigenvalue weighted by Gasteiger charge is -2.19. The summed E-state index contributed by atoms with van der Waals surface area (Å²) in [6.07, 6.45) is 4.38. The second-order valence-electron chi connectivity index (χ2n) is 6.99. The summed E-state index contributed by atoms with van der Waals surface area (Å²) in [6, 6.07) is 11.0. The van der Waals surface area contributed by atoms with E-state index in [9.17, 15) is 4.39 Å². The zero-order valence-electron chi connectivity index (χ0n) is 16.4. The minimum absolute atomic E-state index is 0.0995. The van der Waals surface area contributed by atoms with Gasteiger partial charge in [-0.15, -0.1) is 0 Å². The first-order valence-corrected chi connectivity index (χ1v) is 10.6. The van der Waals surface area contributed by atoms with E-state index in [1.165, 1.54) is 40.5 Å². The standard InChI is InChI=1S/C20H20FN.C3H8S/c1-12-4-6-18(19-7-5-13(2)20(12)19)14(3)16-8-15(11-22)9-17(21)10-16;1-3-4-2/h4,6,8-10,13-14H,5,7H2,1-3H3;3H2,1-2H3. The molecule has 0 N–H and O–H groups in total. The van der Waals surface area contributed by atoms with E-state index in [0.717, 1.165) is 12.0 Å². The lowest BCUT2D eigenvalue weighted by molar-refractivity contribution is 0.623. The highest BCUT2D eigenvalue weighted by atomic mass is 32.2. The summed E-state index contributed by atoms with van der Waals surface area (Å²) in [5, 5.41) is 9.05. The van der Waals surface area contributed by atoms with Gasteiger partial charge in [0.05, 0.1) is 11.6 Å². The van der Waals surface area contributed by atoms with Gasteiger partial charge in [-0.05, 0) is 83.7 Å². The van der Waals surface area contributed by atoms with Gasteiger partial charge in [-0.25, -0.2) is 4.39 Å². The highest BCUT2D eigenvalue weighted by molar-refractivity contribution is 7.98. The molecule has 0 aromatic heterocycles. The summed E-state index contributed by atoms with van der Waals surface area (Å²) in [4.78, 5) is 0. The number of hydrogen-bond acceptors (Lipinski definition) is 2. The maximum Gasteiger partial charge on any atom is 0.124 e. The second kappa shape index (κ2) is 9.24. The molecule has 1 aliphatic carbocycles. The van der Waals surface area contributed by atoms with Crippen molar-refractivity contribution in [3.63, 3.8) is 0 Å². The minimum atomic E-state index is -0.335. The van der Waals surface area contributed by atoms with E-state index in [0.29, 0.717) is 11.5 Å². The van der Waals surface area contributed by atoms with Gasteiger partial charge in [-0.3, -0.25) is 0 Å². The number of nitrogens with zero attached hydrogens (tertiary/aromatic N) is 1. The van der Waals surface area contributed by atoms with E-state index in [1.807, 2.05) is 17.8 Å². The van der Waals surface area contributed by atoms with Gasteiger partial charge >= 0.3 is 0 Å². The molecule has 0 saturated carbocycles. The second-order valence-corrected chi connectivity index (χ2v) is 8.14. The Hall–Kier alpha value is -1.79. The van der Waals surface area contributed by atoms with Crippen molar-refractivity contribution >= 4 is 11.8 Å². The topological polar surface area (TPSA) is 23.8 Å². The molecular formula is C23H28FNS. The lowest BCUT2D eigenvalue weighted by Crippen LogP contribution is -2.03. The largest absolute Gasteiger partial charge is 0.207 e. The molecule has 1 aliphatic rings. The first kappa shape index (κ1) is 20.5. The molecule has 138 valence electrons. The van der Waals surface area contributed by atoms with Crippen LogP contribution in [0.2, 0.25) is 0 Å². The summed E-state index contributed by atoms with van der Waals surface area (Å²) in [6.45, 7) is 8.70. The zero-order chi connectivity index (χ0) is 19.3. The molecule has 0 heterocycles. The molecule has 26 heavy (non-hydrogen) atoms. The Morgan fingerprint density at radius 2 is 2.00 bits per heavy atom. The first-order chi connectivity index (χ1) is 12.4. The van der Waals surface area contributed by atoms with Crippen LogP contribution in [0.1, 0.15) is 72.4 Å². The molecule has 2 atom stereocenters. The van der Waals surface area contributed by atoms with Gasteiger partial charge in [0, 0.05) is 5.92 Å². The molecule has 0 saturated heterocycles. The predicted molar refractivity (Wildman–Crippen MR) is 111 cm³/mol. The SMILES string of the molecule is CCSC.Cc1ccc(C(C)c2cc(F)cc(C#N)c2)c2c1C(C)CC2. The van der Waals surface area contributed by atoms with Gasteiger partial charge in [0.25, 0.3) is 0 Å². The molecule has 2 aromatic carbocycles. The van der Waals surface area contributed by atoms with E-state index in [1.54, 1.807) is 12.1 Å². The normalized spacial score (nSPS) is 16.3. The molecule has 3 rings (SSSR count). The quantitative estimate of drug-likeness (QED) is 0.610. The van der Waals surface area contributed by atoms with Crippen LogP contribution in [0, 0.1) is 24.1 Å². The summed E-state index contributed by atoms with van der Waals surface area (Å²) < 4.78 is 13.7. The summed E-state index contributed by atoms with van der Waals surface area (Å²) in [5.41, 5.74) is 6.80. The molecule has 0 fully saturated rings. The summed E-state index contributed by atoms with van der Waals surface area (Å²) >= 11 is 1.86. The van der Waals surface area contributed by atoms with Crippen molar-refractivity contribution in [1.82, 2.24) is 0 Å². The maximum absolute atomic E-state index is 13.7. The molecule has 3 heteroatoms. The van der Waals surface area contributed by atoms with E-state index in [4.69, 9.17) is 5.26 Å². The first-order valence-electron chi connectivity index (χ1n) is 9.24. The monoisotopic (exact) mass is 369 g/mol. The molecule has 0 radical (unpaired) electrons. The molecule has 0 aliphatic heterocycles. The smallest absolute Gasteiger partial charge is 0.124 e. The van der Waals surface area contributed by atoms with E-state index < -0.39 is 0 Å². The summed E-state index contributed by atoms with van der Waals surface area (Å²) in [7, 11) is 0. The van der Waals surface area contributed by atoms with Crippen LogP contribution in [-0.4, -0.2) is 12.0 Å². The number of rotatable bonds is 3. The average Bonchev–Trinajstić information content (AvgIpc) is 3.04. The Morgan fingerprint density at radius 3 is 2.62 bits per heavy atom. The number of halogens is 1. The third kappa shape index (κ3) is 4.48. The van der Waals surface area contributed by atoms with Crippen molar-refractivity contribution in [3.05, 3.63) is 69.5 Å². The van der Waals surface area contributed by atoms with Gasteiger partial charge in [0.15, 0.2) is 0 Å². The number of fused-ring (bicyclic) bond motifs is 1. The fourth-order valence-electron chi connectivity index (χ4n) is 3.78. The fourth-order valence-corrected chi connectivity index (χ4v) is 3.78. The minimum Gasteiger partial charge on any atom is -0.207 e. The molecule has 0 spiro atoms. The Balaban J connectivity index is 0.000000552. The van der Waals surface area contributed by atoms with Crippen LogP contribution >= 0.6 is 11.8 Å². The van der Waals surface area contributed by atoms with Crippen LogP contribution in [-0.2, 0) is 6.42 Å². The van der Waals surface area contributed by atoms with Crippen LogP contribution in [0.15, 0.2) is 30.3 Å². The average molecular weight is 370 g/mol. The predicted octanol–water partition coefficient (Wildman–Crippen LogP) is 6.58. The van der Waals surface area contributed by atoms with Crippen molar-refractivity contribution in [2.24, 2.45) is 0 Å². The van der Waals surface area contributed by atoms with Crippen LogP contribution in [0.5, 0.6) is 0 Å². The Bertz CT molecular complexity index is 805. The van der Waals surface area contributed by atoms with Crippen molar-refractivity contribution in [3.8, 4) is 6.07 Å². The van der Waals surface area contributed by atoms with Gasteiger partial charge in [0.1, 0.15) is 5.82 Å². The number of nitriles is 1. The number of hydrogen-bond donors (Lipinski definition) is 0. The van der Waals surface area contributed by atoms with E-state index >= 15 is 0 Å². The van der Waals surface area contributed by atoms with Crippen LogP contribution in [0.25, 0.3) is 0 Å². The van der Waals surface area contributed by atoms with Crippen LogP contribution in [0.4, 0.5) is 4.39 Å². The number of aryl methyl sites for hydroxylation is 1. The van der Waals surface area contributed by atoms with Crippen molar-refractivity contribution < 1.29 is 4.39 Å². The molecule has 2 aromatic rings.